The predicted octanol–water partition coefficient (Wildman–Crippen LogP) is 5.35. The maximum absolute atomic E-state index is 13.8. The number of rotatable bonds is 9. The average molecular weight is 542 g/mol. The molecular weight excluding hydrogens is 518 g/mol. The van der Waals surface area contributed by atoms with Gasteiger partial charge in [0.25, 0.3) is 5.91 Å². The van der Waals surface area contributed by atoms with E-state index in [1.165, 1.54) is 7.11 Å². The van der Waals surface area contributed by atoms with Crippen molar-refractivity contribution in [2.24, 2.45) is 5.90 Å². The van der Waals surface area contributed by atoms with Crippen LogP contribution in [0.2, 0.25) is 0 Å². The molecule has 0 spiro atoms. The van der Waals surface area contributed by atoms with Gasteiger partial charge in [0.1, 0.15) is 11.4 Å². The Hall–Kier alpha value is -2.98. The van der Waals surface area contributed by atoms with Gasteiger partial charge in [0.2, 0.25) is 5.88 Å². The van der Waals surface area contributed by atoms with Crippen molar-refractivity contribution < 1.29 is 19.1 Å². The minimum Gasteiger partial charge on any atom is -0.497 e. The highest BCUT2D eigenvalue weighted by Crippen LogP contribution is 2.35. The molecule has 7 nitrogen and oxygen atoms in total. The first kappa shape index (κ1) is 24.2. The molecule has 0 saturated carbocycles. The van der Waals surface area contributed by atoms with Crippen LogP contribution in [0.1, 0.15) is 27.0 Å². The van der Waals surface area contributed by atoms with Crippen LogP contribution in [-0.4, -0.2) is 36.6 Å². The van der Waals surface area contributed by atoms with Crippen LogP contribution < -0.4 is 15.4 Å². The van der Waals surface area contributed by atoms with Crippen LogP contribution in [0.4, 0.5) is 0 Å². The summed E-state index contributed by atoms with van der Waals surface area (Å²) in [5, 5.41) is 1.10. The Kier molecular flexibility index (Phi) is 7.79. The van der Waals surface area contributed by atoms with Crippen LogP contribution in [0.3, 0.4) is 0 Å². The molecule has 4 aromatic rings. The molecule has 2 N–H and O–H groups in total. The predicted molar refractivity (Wildman–Crippen MR) is 136 cm³/mol. The maximum Gasteiger partial charge on any atom is 0.273 e. The first-order valence-electron chi connectivity index (χ1n) is 10.5. The van der Waals surface area contributed by atoms with E-state index in [0.29, 0.717) is 16.9 Å². The summed E-state index contributed by atoms with van der Waals surface area (Å²) in [5.74, 6) is 6.36. The molecule has 0 aliphatic heterocycles. The quantitative estimate of drug-likeness (QED) is 0.287. The number of hydrogen-bond acceptors (Lipinski definition) is 7. The van der Waals surface area contributed by atoms with E-state index in [1.54, 1.807) is 35.5 Å². The van der Waals surface area contributed by atoms with Gasteiger partial charge in [0.15, 0.2) is 0 Å². The average Bonchev–Trinajstić information content (AvgIpc) is 3.30. The number of amides is 1. The van der Waals surface area contributed by atoms with E-state index in [4.69, 9.17) is 20.2 Å². The summed E-state index contributed by atoms with van der Waals surface area (Å²) in [6, 6.07) is 20.8. The molecule has 4 rings (SSSR count). The van der Waals surface area contributed by atoms with Crippen molar-refractivity contribution in [3.8, 4) is 11.6 Å². The van der Waals surface area contributed by atoms with Gasteiger partial charge >= 0.3 is 0 Å². The normalized spacial score (nSPS) is 11.9. The van der Waals surface area contributed by atoms with E-state index in [0.717, 1.165) is 26.3 Å². The molecule has 0 aliphatic carbocycles. The standard InChI is InChI=1S/C25H24BrN3O4S/c1-31-18-9-7-16(8-10-18)14-29(25(30)20-12-11-19(26)24(28-20)32-2)21(15-33-27)23-13-17-5-3-4-6-22(17)34-23/h3-13,21H,14-15,27H2,1-2H3/t21-/m1/s1. The van der Waals surface area contributed by atoms with Crippen LogP contribution in [0, 0.1) is 0 Å². The molecule has 0 unspecified atom stereocenters. The summed E-state index contributed by atoms with van der Waals surface area (Å²) >= 11 is 5.01. The number of aromatic nitrogens is 1. The highest BCUT2D eigenvalue weighted by molar-refractivity contribution is 9.10. The Morgan fingerprint density at radius 2 is 1.85 bits per heavy atom. The van der Waals surface area contributed by atoms with Crippen molar-refractivity contribution in [2.75, 3.05) is 20.8 Å². The smallest absolute Gasteiger partial charge is 0.273 e. The van der Waals surface area contributed by atoms with Gasteiger partial charge in [0, 0.05) is 16.1 Å². The summed E-state index contributed by atoms with van der Waals surface area (Å²) in [7, 11) is 3.13. The fraction of sp³-hybridized carbons (Fsp3) is 0.200. The first-order valence-corrected chi connectivity index (χ1v) is 12.1. The van der Waals surface area contributed by atoms with Crippen LogP contribution in [0.15, 0.2) is 71.2 Å². The lowest BCUT2D eigenvalue weighted by Gasteiger charge is -2.30. The first-order chi connectivity index (χ1) is 16.5. The van der Waals surface area contributed by atoms with E-state index in [9.17, 15) is 4.79 Å². The van der Waals surface area contributed by atoms with Gasteiger partial charge in [-0.25, -0.2) is 10.9 Å². The van der Waals surface area contributed by atoms with Crippen molar-refractivity contribution in [3.05, 3.63) is 87.3 Å². The summed E-state index contributed by atoms with van der Waals surface area (Å²) in [6.07, 6.45) is 0. The highest BCUT2D eigenvalue weighted by atomic mass is 79.9. The molecular formula is C25H24BrN3O4S. The second kappa shape index (κ2) is 11.0. The number of carbonyl (C=O) groups is 1. The minimum absolute atomic E-state index is 0.127. The number of thiophene rings is 1. The van der Waals surface area contributed by atoms with Crippen LogP contribution in [-0.2, 0) is 11.4 Å². The van der Waals surface area contributed by atoms with Crippen LogP contribution in [0.5, 0.6) is 11.6 Å². The Balaban J connectivity index is 1.77. The number of pyridine rings is 1. The van der Waals surface area contributed by atoms with E-state index in [1.807, 2.05) is 42.5 Å². The van der Waals surface area contributed by atoms with Gasteiger partial charge in [0.05, 0.1) is 31.3 Å². The van der Waals surface area contributed by atoms with Crippen molar-refractivity contribution in [3.63, 3.8) is 0 Å². The van der Waals surface area contributed by atoms with Gasteiger partial charge in [-0.15, -0.1) is 11.3 Å². The zero-order valence-corrected chi connectivity index (χ0v) is 21.1. The molecule has 1 atom stereocenters. The number of hydrogen-bond donors (Lipinski definition) is 1. The number of fused-ring (bicyclic) bond motifs is 1. The number of ether oxygens (including phenoxy) is 2. The Morgan fingerprint density at radius 1 is 1.09 bits per heavy atom. The Bertz CT molecular complexity index is 1250. The number of carbonyl (C=O) groups excluding carboxylic acids is 1. The summed E-state index contributed by atoms with van der Waals surface area (Å²) in [4.78, 5) is 26.0. The molecule has 2 aromatic heterocycles. The monoisotopic (exact) mass is 541 g/mol. The third kappa shape index (κ3) is 5.23. The lowest BCUT2D eigenvalue weighted by atomic mass is 10.1. The van der Waals surface area contributed by atoms with E-state index in [2.05, 4.69) is 33.0 Å². The molecule has 0 radical (unpaired) electrons. The zero-order chi connectivity index (χ0) is 24.1. The van der Waals surface area contributed by atoms with Crippen molar-refractivity contribution >= 4 is 43.3 Å². The lowest BCUT2D eigenvalue weighted by Crippen LogP contribution is -2.37. The van der Waals surface area contributed by atoms with Gasteiger partial charge in [-0.3, -0.25) is 4.79 Å². The van der Waals surface area contributed by atoms with Gasteiger partial charge < -0.3 is 19.2 Å². The number of nitrogens with two attached hydrogens (primary N) is 1. The Labute approximate surface area is 210 Å². The van der Waals surface area contributed by atoms with Crippen molar-refractivity contribution in [1.82, 2.24) is 9.88 Å². The van der Waals surface area contributed by atoms with Gasteiger partial charge in [-0.05, 0) is 63.3 Å². The van der Waals surface area contributed by atoms with Crippen LogP contribution in [0.25, 0.3) is 10.1 Å². The molecule has 1 amide bonds. The van der Waals surface area contributed by atoms with Crippen molar-refractivity contribution in [1.29, 1.82) is 0 Å². The second-order valence-corrected chi connectivity index (χ2v) is 9.47. The molecule has 0 bridgehead atoms. The fourth-order valence-corrected chi connectivity index (χ4v) is 5.21. The molecule has 9 heteroatoms. The molecule has 2 aromatic carbocycles. The third-order valence-electron chi connectivity index (χ3n) is 5.40. The summed E-state index contributed by atoms with van der Waals surface area (Å²) in [5.41, 5.74) is 1.19. The van der Waals surface area contributed by atoms with Crippen LogP contribution >= 0.6 is 27.3 Å². The maximum atomic E-state index is 13.8. The molecule has 2 heterocycles. The van der Waals surface area contributed by atoms with Crippen molar-refractivity contribution in [2.45, 2.75) is 12.6 Å². The molecule has 0 saturated heterocycles. The molecule has 0 fully saturated rings. The van der Waals surface area contributed by atoms with E-state index < -0.39 is 6.04 Å². The fourth-order valence-electron chi connectivity index (χ4n) is 3.67. The van der Waals surface area contributed by atoms with E-state index >= 15 is 0 Å². The highest BCUT2D eigenvalue weighted by Gasteiger charge is 2.29. The van der Waals surface area contributed by atoms with Gasteiger partial charge in [-0.2, -0.15) is 0 Å². The summed E-state index contributed by atoms with van der Waals surface area (Å²) < 4.78 is 12.4. The summed E-state index contributed by atoms with van der Waals surface area (Å²) in [6.45, 7) is 0.452. The molecule has 176 valence electrons. The second-order valence-electron chi connectivity index (χ2n) is 7.50. The minimum atomic E-state index is -0.423. The number of halogens is 1. The lowest BCUT2D eigenvalue weighted by molar-refractivity contribution is 0.0400. The zero-order valence-electron chi connectivity index (χ0n) is 18.7. The molecule has 34 heavy (non-hydrogen) atoms. The SMILES string of the molecule is COc1ccc(CN(C(=O)c2ccc(Br)c(OC)n2)[C@H](CON)c2cc3ccccc3s2)cc1. The number of methoxy groups -OCH3 is 2. The molecule has 0 aliphatic rings. The Morgan fingerprint density at radius 3 is 2.53 bits per heavy atom. The number of benzene rings is 2. The van der Waals surface area contributed by atoms with E-state index in [-0.39, 0.29) is 18.2 Å². The topological polar surface area (TPSA) is 86.9 Å². The third-order valence-corrected chi connectivity index (χ3v) is 7.22. The largest absolute Gasteiger partial charge is 0.497 e. The van der Waals surface area contributed by atoms with Gasteiger partial charge in [-0.1, -0.05) is 30.3 Å². The number of nitrogens with zero attached hydrogens (tertiary/aromatic N) is 2.